The molecule has 2 aliphatic rings. The van der Waals surface area contributed by atoms with Gasteiger partial charge >= 0.3 is 0 Å². The Morgan fingerprint density at radius 2 is 2.13 bits per heavy atom. The summed E-state index contributed by atoms with van der Waals surface area (Å²) in [4.78, 5) is 6.35. The van der Waals surface area contributed by atoms with E-state index < -0.39 is 0 Å². The van der Waals surface area contributed by atoms with Gasteiger partial charge in [-0.05, 0) is 38.6 Å². The summed E-state index contributed by atoms with van der Waals surface area (Å²) >= 11 is 1.95. The first-order chi connectivity index (χ1) is 7.36. The summed E-state index contributed by atoms with van der Waals surface area (Å²) in [6, 6.07) is 0. The summed E-state index contributed by atoms with van der Waals surface area (Å²) in [5.74, 6) is 1.77. The van der Waals surface area contributed by atoms with Crippen molar-refractivity contribution < 1.29 is 0 Å². The third kappa shape index (κ3) is 2.23. The Labute approximate surface area is 95.1 Å². The van der Waals surface area contributed by atoms with Crippen molar-refractivity contribution in [2.24, 2.45) is 5.92 Å². The summed E-state index contributed by atoms with van der Waals surface area (Å²) in [5.41, 5.74) is 1.42. The van der Waals surface area contributed by atoms with Crippen LogP contribution in [-0.4, -0.2) is 12.0 Å². The Bertz CT molecular complexity index is 351. The number of rotatable bonds is 5. The van der Waals surface area contributed by atoms with Crippen LogP contribution in [0.2, 0.25) is 0 Å². The minimum absolute atomic E-state index is 0.803. The van der Waals surface area contributed by atoms with Gasteiger partial charge in [0.25, 0.3) is 0 Å². The van der Waals surface area contributed by atoms with Crippen LogP contribution in [0.4, 0.5) is 0 Å². The predicted molar refractivity (Wildman–Crippen MR) is 63.3 cm³/mol. The molecule has 0 saturated heterocycles. The van der Waals surface area contributed by atoms with Crippen LogP contribution in [0.3, 0.4) is 0 Å². The normalized spacial score (nSPS) is 20.9. The highest BCUT2D eigenvalue weighted by Crippen LogP contribution is 2.43. The van der Waals surface area contributed by atoms with E-state index in [-0.39, 0.29) is 0 Å². The summed E-state index contributed by atoms with van der Waals surface area (Å²) in [6.07, 6.45) is 6.83. The minimum Gasteiger partial charge on any atom is -0.315 e. The molecule has 15 heavy (non-hydrogen) atoms. The molecule has 0 spiro atoms. The number of hydrogen-bond donors (Lipinski definition) is 1. The molecule has 0 aromatic carbocycles. The Morgan fingerprint density at radius 1 is 1.33 bits per heavy atom. The van der Waals surface area contributed by atoms with E-state index in [0.29, 0.717) is 0 Å². The van der Waals surface area contributed by atoms with Gasteiger partial charge in [-0.15, -0.1) is 11.3 Å². The molecule has 2 fully saturated rings. The smallest absolute Gasteiger partial charge is 0.0934 e. The Hall–Kier alpha value is -0.410. The number of nitrogens with one attached hydrogen (secondary N) is 1. The second kappa shape index (κ2) is 3.87. The molecular formula is C12H18N2S. The van der Waals surface area contributed by atoms with Crippen LogP contribution in [0, 0.1) is 5.92 Å². The Kier molecular flexibility index (Phi) is 2.53. The SMILES string of the molecule is CNCc1sc(CC2CC2)nc1C1CC1. The minimum atomic E-state index is 0.803. The van der Waals surface area contributed by atoms with Crippen molar-refractivity contribution >= 4 is 11.3 Å². The van der Waals surface area contributed by atoms with Gasteiger partial charge in [0, 0.05) is 23.8 Å². The first-order valence-electron chi connectivity index (χ1n) is 6.00. The highest BCUT2D eigenvalue weighted by atomic mass is 32.1. The lowest BCUT2D eigenvalue weighted by atomic mass is 10.2. The lowest BCUT2D eigenvalue weighted by Gasteiger charge is -1.97. The fourth-order valence-electron chi connectivity index (χ4n) is 2.03. The van der Waals surface area contributed by atoms with Crippen molar-refractivity contribution in [3.8, 4) is 0 Å². The second-order valence-corrected chi connectivity index (χ2v) is 6.04. The van der Waals surface area contributed by atoms with Crippen LogP contribution in [-0.2, 0) is 13.0 Å². The average Bonchev–Trinajstić information content (AvgIpc) is 3.08. The van der Waals surface area contributed by atoms with Gasteiger partial charge in [-0.1, -0.05) is 0 Å². The average molecular weight is 222 g/mol. The lowest BCUT2D eigenvalue weighted by Crippen LogP contribution is -2.05. The second-order valence-electron chi connectivity index (χ2n) is 4.87. The number of hydrogen-bond acceptors (Lipinski definition) is 3. The molecule has 3 heteroatoms. The fourth-order valence-corrected chi connectivity index (χ4v) is 3.31. The van der Waals surface area contributed by atoms with E-state index in [1.54, 1.807) is 0 Å². The molecule has 1 aromatic heterocycles. The molecule has 0 radical (unpaired) electrons. The zero-order valence-corrected chi connectivity index (χ0v) is 10.1. The molecular weight excluding hydrogens is 204 g/mol. The molecule has 3 rings (SSSR count). The molecule has 1 aromatic rings. The van der Waals surface area contributed by atoms with E-state index >= 15 is 0 Å². The van der Waals surface area contributed by atoms with Crippen LogP contribution in [0.1, 0.15) is 47.2 Å². The van der Waals surface area contributed by atoms with Crippen LogP contribution in [0.5, 0.6) is 0 Å². The van der Waals surface area contributed by atoms with Crippen molar-refractivity contribution in [2.45, 2.75) is 44.6 Å². The molecule has 0 bridgehead atoms. The van der Waals surface area contributed by atoms with Crippen LogP contribution < -0.4 is 5.32 Å². The Morgan fingerprint density at radius 3 is 2.73 bits per heavy atom. The monoisotopic (exact) mass is 222 g/mol. The maximum absolute atomic E-state index is 4.85. The van der Waals surface area contributed by atoms with Gasteiger partial charge in [0.05, 0.1) is 10.7 Å². The van der Waals surface area contributed by atoms with Crippen molar-refractivity contribution in [1.82, 2.24) is 10.3 Å². The molecule has 2 aliphatic carbocycles. The molecule has 2 saturated carbocycles. The summed E-state index contributed by atoms with van der Waals surface area (Å²) in [5, 5.41) is 4.65. The standard InChI is InChI=1S/C12H18N2S/c1-13-7-10-12(9-4-5-9)14-11(15-10)6-8-2-3-8/h8-9,13H,2-7H2,1H3. The number of aromatic nitrogens is 1. The maximum atomic E-state index is 4.85. The van der Waals surface area contributed by atoms with Gasteiger partial charge < -0.3 is 5.32 Å². The van der Waals surface area contributed by atoms with Gasteiger partial charge in [0.1, 0.15) is 0 Å². The first-order valence-corrected chi connectivity index (χ1v) is 6.81. The van der Waals surface area contributed by atoms with E-state index in [1.165, 1.54) is 47.7 Å². The van der Waals surface area contributed by atoms with Gasteiger partial charge in [-0.2, -0.15) is 0 Å². The third-order valence-corrected chi connectivity index (χ3v) is 4.33. The van der Waals surface area contributed by atoms with Crippen LogP contribution in [0.25, 0.3) is 0 Å². The van der Waals surface area contributed by atoms with Gasteiger partial charge in [0.15, 0.2) is 0 Å². The van der Waals surface area contributed by atoms with Crippen molar-refractivity contribution in [2.75, 3.05) is 7.05 Å². The summed E-state index contributed by atoms with van der Waals surface area (Å²) < 4.78 is 0. The fraction of sp³-hybridized carbons (Fsp3) is 0.750. The van der Waals surface area contributed by atoms with E-state index in [9.17, 15) is 0 Å². The van der Waals surface area contributed by atoms with Crippen LogP contribution in [0.15, 0.2) is 0 Å². The van der Waals surface area contributed by atoms with Crippen LogP contribution >= 0.6 is 11.3 Å². The molecule has 1 heterocycles. The number of nitrogens with zero attached hydrogens (tertiary/aromatic N) is 1. The summed E-state index contributed by atoms with van der Waals surface area (Å²) in [6.45, 7) is 1.01. The van der Waals surface area contributed by atoms with Gasteiger partial charge in [-0.3, -0.25) is 0 Å². The molecule has 82 valence electrons. The van der Waals surface area contributed by atoms with E-state index in [0.717, 1.165) is 18.4 Å². The Balaban J connectivity index is 1.78. The third-order valence-electron chi connectivity index (χ3n) is 3.23. The molecule has 0 aliphatic heterocycles. The molecule has 0 amide bonds. The quantitative estimate of drug-likeness (QED) is 0.828. The molecule has 2 nitrogen and oxygen atoms in total. The zero-order chi connectivity index (χ0) is 10.3. The van der Waals surface area contributed by atoms with E-state index in [1.807, 2.05) is 18.4 Å². The largest absolute Gasteiger partial charge is 0.315 e. The molecule has 0 unspecified atom stereocenters. The summed E-state index contributed by atoms with van der Waals surface area (Å²) in [7, 11) is 2.02. The first kappa shape index (κ1) is 9.79. The van der Waals surface area contributed by atoms with Crippen molar-refractivity contribution in [3.63, 3.8) is 0 Å². The van der Waals surface area contributed by atoms with E-state index in [2.05, 4.69) is 5.32 Å². The van der Waals surface area contributed by atoms with Gasteiger partial charge in [0.2, 0.25) is 0 Å². The van der Waals surface area contributed by atoms with E-state index in [4.69, 9.17) is 4.98 Å². The highest BCUT2D eigenvalue weighted by molar-refractivity contribution is 7.11. The lowest BCUT2D eigenvalue weighted by molar-refractivity contribution is 0.800. The number of thiazole rings is 1. The highest BCUT2D eigenvalue weighted by Gasteiger charge is 2.30. The topological polar surface area (TPSA) is 24.9 Å². The molecule has 1 N–H and O–H groups in total. The van der Waals surface area contributed by atoms with Gasteiger partial charge in [-0.25, -0.2) is 4.98 Å². The maximum Gasteiger partial charge on any atom is 0.0934 e. The zero-order valence-electron chi connectivity index (χ0n) is 9.25. The van der Waals surface area contributed by atoms with Crippen molar-refractivity contribution in [3.05, 3.63) is 15.6 Å². The molecule has 0 atom stereocenters. The van der Waals surface area contributed by atoms with Crippen molar-refractivity contribution in [1.29, 1.82) is 0 Å². The predicted octanol–water partition coefficient (Wildman–Crippen LogP) is 2.69.